The summed E-state index contributed by atoms with van der Waals surface area (Å²) in [6.45, 7) is -0.904. The van der Waals surface area contributed by atoms with Gasteiger partial charge in [-0.2, -0.15) is 20.1 Å². The molecular weight excluding hydrogens is 288 g/mol. The fraction of sp³-hybridized carbons (Fsp3) is 0.182. The highest BCUT2D eigenvalue weighted by Crippen LogP contribution is 2.25. The van der Waals surface area contributed by atoms with Gasteiger partial charge in [-0.15, -0.1) is 0 Å². The summed E-state index contributed by atoms with van der Waals surface area (Å²) in [5.74, 6) is 0. The van der Waals surface area contributed by atoms with E-state index in [1.807, 2.05) is 6.07 Å². The standard InChI is InChI=1S/C11H7ClN4O2S/c12-10-7-9(8-15)1-2-11(10)19(17,18)16(5-3-13)6-4-14/h1-2,7H,5-6H2. The number of benzene rings is 1. The molecule has 1 aromatic rings. The Balaban J connectivity index is 3.31. The van der Waals surface area contributed by atoms with E-state index in [1.54, 1.807) is 12.1 Å². The van der Waals surface area contributed by atoms with E-state index in [4.69, 9.17) is 27.4 Å². The number of hydrogen-bond donors (Lipinski definition) is 0. The van der Waals surface area contributed by atoms with E-state index in [-0.39, 0.29) is 15.5 Å². The van der Waals surface area contributed by atoms with Gasteiger partial charge in [-0.1, -0.05) is 11.6 Å². The number of hydrogen-bond acceptors (Lipinski definition) is 5. The first-order chi connectivity index (χ1) is 8.97. The third-order valence-corrected chi connectivity index (χ3v) is 4.45. The lowest BCUT2D eigenvalue weighted by Gasteiger charge is -2.16. The molecule has 0 aliphatic heterocycles. The van der Waals surface area contributed by atoms with Crippen LogP contribution in [0.5, 0.6) is 0 Å². The van der Waals surface area contributed by atoms with Crippen molar-refractivity contribution in [3.63, 3.8) is 0 Å². The molecule has 1 rings (SSSR count). The number of nitriles is 3. The summed E-state index contributed by atoms with van der Waals surface area (Å²) >= 11 is 5.81. The lowest BCUT2D eigenvalue weighted by Crippen LogP contribution is -2.32. The molecule has 0 aromatic heterocycles. The molecule has 0 radical (unpaired) electrons. The fourth-order valence-corrected chi connectivity index (χ4v) is 3.05. The quantitative estimate of drug-likeness (QED) is 0.776. The van der Waals surface area contributed by atoms with Crippen LogP contribution in [-0.2, 0) is 10.0 Å². The molecule has 96 valence electrons. The molecule has 1 aromatic carbocycles. The van der Waals surface area contributed by atoms with Crippen LogP contribution in [0, 0.1) is 34.0 Å². The fourth-order valence-electron chi connectivity index (χ4n) is 1.30. The molecule has 0 bridgehead atoms. The minimum atomic E-state index is -4.03. The first kappa shape index (κ1) is 14.9. The highest BCUT2D eigenvalue weighted by atomic mass is 35.5. The first-order valence-electron chi connectivity index (χ1n) is 4.91. The van der Waals surface area contributed by atoms with Crippen molar-refractivity contribution < 1.29 is 8.42 Å². The van der Waals surface area contributed by atoms with E-state index in [9.17, 15) is 8.42 Å². The van der Waals surface area contributed by atoms with Crippen molar-refractivity contribution in [1.82, 2.24) is 4.31 Å². The van der Waals surface area contributed by atoms with Crippen molar-refractivity contribution in [3.8, 4) is 18.2 Å². The number of rotatable bonds is 4. The smallest absolute Gasteiger partial charge is 0.207 e. The summed E-state index contributed by atoms with van der Waals surface area (Å²) in [5, 5.41) is 25.7. The summed E-state index contributed by atoms with van der Waals surface area (Å²) in [7, 11) is -4.03. The molecule has 0 spiro atoms. The van der Waals surface area contributed by atoms with Crippen molar-refractivity contribution in [3.05, 3.63) is 28.8 Å². The van der Waals surface area contributed by atoms with Crippen LogP contribution >= 0.6 is 11.6 Å². The molecule has 0 atom stereocenters. The van der Waals surface area contributed by atoms with E-state index >= 15 is 0 Å². The summed E-state index contributed by atoms with van der Waals surface area (Å²) in [4.78, 5) is -0.237. The zero-order valence-corrected chi connectivity index (χ0v) is 11.1. The largest absolute Gasteiger partial charge is 0.246 e. The summed E-state index contributed by atoms with van der Waals surface area (Å²) in [5.41, 5.74) is 0.219. The molecule has 0 N–H and O–H groups in total. The number of nitrogens with zero attached hydrogens (tertiary/aromatic N) is 4. The van der Waals surface area contributed by atoms with Gasteiger partial charge >= 0.3 is 0 Å². The molecular formula is C11H7ClN4O2S. The Hall–Kier alpha value is -2.11. The molecule has 0 unspecified atom stereocenters. The second kappa shape index (κ2) is 6.17. The van der Waals surface area contributed by atoms with Crippen molar-refractivity contribution >= 4 is 21.6 Å². The average Bonchev–Trinajstić information content (AvgIpc) is 2.38. The maximum absolute atomic E-state index is 12.2. The Bertz CT molecular complexity index is 694. The Labute approximate surface area is 115 Å². The molecule has 19 heavy (non-hydrogen) atoms. The van der Waals surface area contributed by atoms with E-state index in [2.05, 4.69) is 0 Å². The topological polar surface area (TPSA) is 109 Å². The van der Waals surface area contributed by atoms with Gasteiger partial charge in [-0.05, 0) is 18.2 Å². The average molecular weight is 295 g/mol. The van der Waals surface area contributed by atoms with Crippen molar-refractivity contribution in [2.45, 2.75) is 4.90 Å². The Morgan fingerprint density at radius 3 is 2.16 bits per heavy atom. The number of halogens is 1. The second-order valence-electron chi connectivity index (χ2n) is 3.35. The van der Waals surface area contributed by atoms with Gasteiger partial charge in [0.05, 0.1) is 28.8 Å². The van der Waals surface area contributed by atoms with Crippen molar-refractivity contribution in [1.29, 1.82) is 15.8 Å². The Morgan fingerprint density at radius 2 is 1.74 bits per heavy atom. The molecule has 0 saturated heterocycles. The van der Waals surface area contributed by atoms with Crippen LogP contribution in [0.3, 0.4) is 0 Å². The zero-order valence-electron chi connectivity index (χ0n) is 9.54. The summed E-state index contributed by atoms with van der Waals surface area (Å²) in [6, 6.07) is 8.86. The molecule has 0 aliphatic carbocycles. The predicted molar refractivity (Wildman–Crippen MR) is 66.2 cm³/mol. The molecule has 0 aliphatic rings. The normalized spacial score (nSPS) is 10.5. The van der Waals surface area contributed by atoms with Crippen LogP contribution in [0.15, 0.2) is 23.1 Å². The molecule has 0 saturated carbocycles. The van der Waals surface area contributed by atoms with Crippen LogP contribution in [0.25, 0.3) is 0 Å². The van der Waals surface area contributed by atoms with Gasteiger partial charge < -0.3 is 0 Å². The second-order valence-corrected chi connectivity index (χ2v) is 5.66. The van der Waals surface area contributed by atoms with Gasteiger partial charge in [0.1, 0.15) is 18.0 Å². The molecule has 0 amide bonds. The van der Waals surface area contributed by atoms with Gasteiger partial charge in [-0.25, -0.2) is 8.42 Å². The third kappa shape index (κ3) is 3.21. The van der Waals surface area contributed by atoms with Gasteiger partial charge in [-0.3, -0.25) is 0 Å². The molecule has 0 heterocycles. The Morgan fingerprint density at radius 1 is 1.16 bits per heavy atom. The number of sulfonamides is 1. The maximum Gasteiger partial charge on any atom is 0.246 e. The minimum absolute atomic E-state index is 0.125. The van der Waals surface area contributed by atoms with Gasteiger partial charge in [0.25, 0.3) is 0 Å². The summed E-state index contributed by atoms with van der Waals surface area (Å²) < 4.78 is 25.1. The van der Waals surface area contributed by atoms with Gasteiger partial charge in [0.15, 0.2) is 0 Å². The monoisotopic (exact) mass is 294 g/mol. The predicted octanol–water partition coefficient (Wildman–Crippen LogP) is 1.25. The lowest BCUT2D eigenvalue weighted by molar-refractivity contribution is 0.479. The Kier molecular flexibility index (Phi) is 4.86. The van der Waals surface area contributed by atoms with E-state index in [0.29, 0.717) is 4.31 Å². The highest BCUT2D eigenvalue weighted by molar-refractivity contribution is 7.89. The molecule has 6 nitrogen and oxygen atoms in total. The van der Waals surface area contributed by atoms with Gasteiger partial charge in [0, 0.05) is 0 Å². The lowest BCUT2D eigenvalue weighted by atomic mass is 10.2. The van der Waals surface area contributed by atoms with Crippen molar-refractivity contribution in [2.75, 3.05) is 13.1 Å². The van der Waals surface area contributed by atoms with Gasteiger partial charge in [0.2, 0.25) is 10.0 Å². The van der Waals surface area contributed by atoms with Crippen LogP contribution < -0.4 is 0 Å². The molecule has 0 fully saturated rings. The van der Waals surface area contributed by atoms with Crippen LogP contribution in [0.4, 0.5) is 0 Å². The third-order valence-electron chi connectivity index (χ3n) is 2.17. The zero-order chi connectivity index (χ0) is 14.5. The SMILES string of the molecule is N#CCN(CC#N)S(=O)(=O)c1ccc(C#N)cc1Cl. The van der Waals surface area contributed by atoms with Crippen LogP contribution in [-0.4, -0.2) is 25.8 Å². The molecule has 8 heteroatoms. The minimum Gasteiger partial charge on any atom is -0.207 e. The van der Waals surface area contributed by atoms with E-state index < -0.39 is 23.1 Å². The maximum atomic E-state index is 12.2. The van der Waals surface area contributed by atoms with E-state index in [1.165, 1.54) is 18.2 Å². The van der Waals surface area contributed by atoms with E-state index in [0.717, 1.165) is 0 Å². The summed E-state index contributed by atoms with van der Waals surface area (Å²) in [6.07, 6.45) is 0. The first-order valence-corrected chi connectivity index (χ1v) is 6.73. The highest BCUT2D eigenvalue weighted by Gasteiger charge is 2.26. The van der Waals surface area contributed by atoms with Crippen LogP contribution in [0.1, 0.15) is 5.56 Å². The van der Waals surface area contributed by atoms with Crippen molar-refractivity contribution in [2.24, 2.45) is 0 Å². The van der Waals surface area contributed by atoms with Crippen LogP contribution in [0.2, 0.25) is 5.02 Å².